The van der Waals surface area contributed by atoms with Crippen molar-refractivity contribution in [3.8, 4) is 5.75 Å². The summed E-state index contributed by atoms with van der Waals surface area (Å²) in [5.74, 6) is 0.832. The van der Waals surface area contributed by atoms with Crippen LogP contribution in [0.25, 0.3) is 0 Å². The molecule has 1 aromatic rings. The second-order valence-electron chi connectivity index (χ2n) is 2.85. The highest BCUT2D eigenvalue weighted by molar-refractivity contribution is 9.10. The van der Waals surface area contributed by atoms with Crippen LogP contribution < -0.4 is 4.74 Å². The SMILES string of the molecule is CCCCCOc1cccnc1Br. The van der Waals surface area contributed by atoms with Crippen molar-refractivity contribution in [3.05, 3.63) is 22.9 Å². The molecule has 1 heterocycles. The van der Waals surface area contributed by atoms with Crippen LogP contribution >= 0.6 is 15.9 Å². The number of pyridine rings is 1. The summed E-state index contributed by atoms with van der Waals surface area (Å²) in [5, 5.41) is 0. The molecule has 13 heavy (non-hydrogen) atoms. The lowest BCUT2D eigenvalue weighted by Crippen LogP contribution is -1.97. The quantitative estimate of drug-likeness (QED) is 0.584. The van der Waals surface area contributed by atoms with Gasteiger partial charge in [0.2, 0.25) is 0 Å². The van der Waals surface area contributed by atoms with Crippen molar-refractivity contribution in [1.82, 2.24) is 4.98 Å². The van der Waals surface area contributed by atoms with Gasteiger partial charge in [0.05, 0.1) is 6.61 Å². The predicted molar refractivity (Wildman–Crippen MR) is 57.0 cm³/mol. The van der Waals surface area contributed by atoms with Crippen LogP contribution in [0.15, 0.2) is 22.9 Å². The van der Waals surface area contributed by atoms with Gasteiger partial charge in [-0.25, -0.2) is 4.98 Å². The molecule has 0 aliphatic carbocycles. The normalized spacial score (nSPS) is 10.0. The highest BCUT2D eigenvalue weighted by Gasteiger charge is 1.98. The summed E-state index contributed by atoms with van der Waals surface area (Å²) in [6.07, 6.45) is 5.29. The van der Waals surface area contributed by atoms with Crippen LogP contribution in [0.5, 0.6) is 5.75 Å². The molecule has 0 fully saturated rings. The van der Waals surface area contributed by atoms with E-state index in [1.165, 1.54) is 12.8 Å². The van der Waals surface area contributed by atoms with Crippen molar-refractivity contribution in [2.24, 2.45) is 0 Å². The van der Waals surface area contributed by atoms with Crippen molar-refractivity contribution in [1.29, 1.82) is 0 Å². The van der Waals surface area contributed by atoms with Crippen molar-refractivity contribution in [2.45, 2.75) is 26.2 Å². The predicted octanol–water partition coefficient (Wildman–Crippen LogP) is 3.41. The fraction of sp³-hybridized carbons (Fsp3) is 0.500. The Kier molecular flexibility index (Phi) is 4.83. The van der Waals surface area contributed by atoms with Gasteiger partial charge in [0.15, 0.2) is 5.75 Å². The van der Waals surface area contributed by atoms with Crippen molar-refractivity contribution in [3.63, 3.8) is 0 Å². The standard InChI is InChI=1S/C10H14BrNO/c1-2-3-4-8-13-9-6-5-7-12-10(9)11/h5-7H,2-4,8H2,1H3. The van der Waals surface area contributed by atoms with Crippen LogP contribution in [0.2, 0.25) is 0 Å². The Balaban J connectivity index is 2.32. The van der Waals surface area contributed by atoms with Gasteiger partial charge in [-0.3, -0.25) is 0 Å². The van der Waals surface area contributed by atoms with Crippen LogP contribution in [-0.4, -0.2) is 11.6 Å². The van der Waals surface area contributed by atoms with E-state index in [-0.39, 0.29) is 0 Å². The Bertz CT molecular complexity index is 252. The van der Waals surface area contributed by atoms with E-state index in [0.717, 1.165) is 23.4 Å². The van der Waals surface area contributed by atoms with Crippen LogP contribution in [-0.2, 0) is 0 Å². The van der Waals surface area contributed by atoms with Gasteiger partial charge in [-0.15, -0.1) is 0 Å². The molecule has 0 aliphatic rings. The van der Waals surface area contributed by atoms with Crippen LogP contribution in [0.1, 0.15) is 26.2 Å². The molecule has 0 aliphatic heterocycles. The molecule has 0 amide bonds. The largest absolute Gasteiger partial charge is 0.491 e. The Labute approximate surface area is 87.5 Å². The summed E-state index contributed by atoms with van der Waals surface area (Å²) in [5.41, 5.74) is 0. The number of ether oxygens (including phenoxy) is 1. The molecule has 1 aromatic heterocycles. The highest BCUT2D eigenvalue weighted by Crippen LogP contribution is 2.21. The lowest BCUT2D eigenvalue weighted by Gasteiger charge is -2.05. The molecule has 0 bridgehead atoms. The van der Waals surface area contributed by atoms with Gasteiger partial charge >= 0.3 is 0 Å². The number of unbranched alkanes of at least 4 members (excludes halogenated alkanes) is 2. The summed E-state index contributed by atoms with van der Waals surface area (Å²) in [4.78, 5) is 4.07. The van der Waals surface area contributed by atoms with Gasteiger partial charge in [-0.2, -0.15) is 0 Å². The summed E-state index contributed by atoms with van der Waals surface area (Å²) < 4.78 is 6.31. The first-order valence-corrected chi connectivity index (χ1v) is 5.37. The molecule has 0 spiro atoms. The third-order valence-corrected chi connectivity index (χ3v) is 2.33. The monoisotopic (exact) mass is 243 g/mol. The summed E-state index contributed by atoms with van der Waals surface area (Å²) in [6, 6.07) is 3.79. The van der Waals surface area contributed by atoms with E-state index >= 15 is 0 Å². The first-order chi connectivity index (χ1) is 6.34. The second-order valence-corrected chi connectivity index (χ2v) is 3.60. The van der Waals surface area contributed by atoms with E-state index < -0.39 is 0 Å². The van der Waals surface area contributed by atoms with Gasteiger partial charge in [0.1, 0.15) is 4.60 Å². The minimum absolute atomic E-state index is 0.776. The minimum Gasteiger partial charge on any atom is -0.491 e. The van der Waals surface area contributed by atoms with Crippen LogP contribution in [0, 0.1) is 0 Å². The average molecular weight is 244 g/mol. The number of halogens is 1. The van der Waals surface area contributed by atoms with Gasteiger partial charge in [0, 0.05) is 6.20 Å². The zero-order valence-electron chi connectivity index (χ0n) is 7.79. The number of aromatic nitrogens is 1. The maximum atomic E-state index is 5.53. The van der Waals surface area contributed by atoms with E-state index in [2.05, 4.69) is 27.8 Å². The number of rotatable bonds is 5. The molecule has 0 atom stereocenters. The maximum absolute atomic E-state index is 5.53. The Morgan fingerprint density at radius 3 is 3.00 bits per heavy atom. The van der Waals surface area contributed by atoms with Crippen molar-refractivity contribution in [2.75, 3.05) is 6.61 Å². The fourth-order valence-electron chi connectivity index (χ4n) is 1.01. The topological polar surface area (TPSA) is 22.1 Å². The van der Waals surface area contributed by atoms with E-state index in [0.29, 0.717) is 0 Å². The Hall–Kier alpha value is -0.570. The van der Waals surface area contributed by atoms with Crippen molar-refractivity contribution >= 4 is 15.9 Å². The first kappa shape index (κ1) is 10.5. The molecule has 0 radical (unpaired) electrons. The van der Waals surface area contributed by atoms with Crippen molar-refractivity contribution < 1.29 is 4.74 Å². The van der Waals surface area contributed by atoms with E-state index in [1.807, 2.05) is 12.1 Å². The van der Waals surface area contributed by atoms with Gasteiger partial charge in [-0.05, 0) is 34.5 Å². The summed E-state index contributed by atoms with van der Waals surface area (Å²) in [6.45, 7) is 2.96. The molecule has 3 heteroatoms. The lowest BCUT2D eigenvalue weighted by molar-refractivity contribution is 0.303. The van der Waals surface area contributed by atoms with E-state index in [1.54, 1.807) is 6.20 Å². The van der Waals surface area contributed by atoms with Gasteiger partial charge in [-0.1, -0.05) is 19.8 Å². The third-order valence-electron chi connectivity index (χ3n) is 1.73. The van der Waals surface area contributed by atoms with Crippen LogP contribution in [0.4, 0.5) is 0 Å². The summed E-state index contributed by atoms with van der Waals surface area (Å²) >= 11 is 3.33. The Morgan fingerprint density at radius 2 is 2.31 bits per heavy atom. The second kappa shape index (κ2) is 5.97. The molecular weight excluding hydrogens is 230 g/mol. The number of hydrogen-bond donors (Lipinski definition) is 0. The van der Waals surface area contributed by atoms with E-state index in [4.69, 9.17) is 4.74 Å². The molecule has 1 rings (SSSR count). The van der Waals surface area contributed by atoms with Gasteiger partial charge in [0.25, 0.3) is 0 Å². The number of nitrogens with zero attached hydrogens (tertiary/aromatic N) is 1. The zero-order valence-corrected chi connectivity index (χ0v) is 9.38. The smallest absolute Gasteiger partial charge is 0.152 e. The maximum Gasteiger partial charge on any atom is 0.152 e. The molecule has 0 unspecified atom stereocenters. The van der Waals surface area contributed by atoms with E-state index in [9.17, 15) is 0 Å². The molecule has 0 saturated heterocycles. The fourth-order valence-corrected chi connectivity index (χ4v) is 1.38. The first-order valence-electron chi connectivity index (χ1n) is 4.58. The molecule has 0 N–H and O–H groups in total. The average Bonchev–Trinajstić information content (AvgIpc) is 2.15. The zero-order chi connectivity index (χ0) is 9.52. The minimum atomic E-state index is 0.776. The highest BCUT2D eigenvalue weighted by atomic mass is 79.9. The summed E-state index contributed by atoms with van der Waals surface area (Å²) in [7, 11) is 0. The van der Waals surface area contributed by atoms with Crippen LogP contribution in [0.3, 0.4) is 0 Å². The molecular formula is C10H14BrNO. The van der Waals surface area contributed by atoms with Gasteiger partial charge < -0.3 is 4.74 Å². The molecule has 2 nitrogen and oxygen atoms in total. The molecule has 0 saturated carbocycles. The lowest BCUT2D eigenvalue weighted by atomic mass is 10.3. The number of hydrogen-bond acceptors (Lipinski definition) is 2. The Morgan fingerprint density at radius 1 is 1.46 bits per heavy atom. The molecule has 72 valence electrons. The third kappa shape index (κ3) is 3.77. The molecule has 0 aromatic carbocycles.